The Hall–Kier alpha value is -2.65. The van der Waals surface area contributed by atoms with Crippen LogP contribution in [0.2, 0.25) is 5.02 Å². The van der Waals surface area contributed by atoms with Crippen molar-refractivity contribution in [2.75, 3.05) is 33.7 Å². The molecule has 0 radical (unpaired) electrons. The van der Waals surface area contributed by atoms with Crippen LogP contribution in [-0.4, -0.2) is 75.4 Å². The first-order valence-corrected chi connectivity index (χ1v) is 10.6. The molecule has 0 aliphatic carbocycles. The van der Waals surface area contributed by atoms with Gasteiger partial charge in [-0.3, -0.25) is 19.1 Å². The standard InChI is InChI=1S/C20H26ClN5O2.CH2O2/c1-23(2)13-18-15-8-14(17-4-3-5-20(28)26(17)18)10-24(11-15)19(27)6-7-25-12-16(21)9-22-25;2-1-3/h3-5,9,12,14-15,18H,6-8,10-11,13H2,1-2H3;1H,(H,2,3)/t14-,15+,18+;/m1./s1. The van der Waals surface area contributed by atoms with Gasteiger partial charge in [-0.15, -0.1) is 0 Å². The number of carboxylic acid groups (broad SMARTS) is 1. The summed E-state index contributed by atoms with van der Waals surface area (Å²) < 4.78 is 3.68. The molecule has 0 saturated carbocycles. The Balaban J connectivity index is 0.000000858. The van der Waals surface area contributed by atoms with Gasteiger partial charge in [0.2, 0.25) is 5.91 Å². The number of halogens is 1. The Morgan fingerprint density at radius 3 is 2.74 bits per heavy atom. The summed E-state index contributed by atoms with van der Waals surface area (Å²) in [6.45, 7) is 2.44. The van der Waals surface area contributed by atoms with Crippen molar-refractivity contribution in [3.05, 3.63) is 51.7 Å². The van der Waals surface area contributed by atoms with Gasteiger partial charge < -0.3 is 19.5 Å². The summed E-state index contributed by atoms with van der Waals surface area (Å²) in [6, 6.07) is 5.62. The number of carbonyl (C=O) groups is 2. The molecule has 9 nitrogen and oxygen atoms in total. The fourth-order valence-corrected chi connectivity index (χ4v) is 4.84. The lowest BCUT2D eigenvalue weighted by Gasteiger charge is -2.47. The zero-order chi connectivity index (χ0) is 22.5. The van der Waals surface area contributed by atoms with E-state index in [1.165, 1.54) is 0 Å². The summed E-state index contributed by atoms with van der Waals surface area (Å²) in [5.74, 6) is 0.641. The molecule has 1 N–H and O–H groups in total. The average Bonchev–Trinajstić information content (AvgIpc) is 3.15. The molecule has 0 aromatic carbocycles. The van der Waals surface area contributed by atoms with Crippen LogP contribution in [0.15, 0.2) is 35.4 Å². The van der Waals surface area contributed by atoms with Crippen molar-refractivity contribution in [3.63, 3.8) is 0 Å². The molecule has 10 heteroatoms. The van der Waals surface area contributed by atoms with Gasteiger partial charge in [0.25, 0.3) is 12.0 Å². The maximum absolute atomic E-state index is 12.9. The average molecular weight is 450 g/mol. The number of fused-ring (bicyclic) bond motifs is 4. The molecular formula is C21H28ClN5O4. The monoisotopic (exact) mass is 449 g/mol. The van der Waals surface area contributed by atoms with E-state index >= 15 is 0 Å². The molecule has 2 bridgehead atoms. The first-order valence-electron chi connectivity index (χ1n) is 10.2. The van der Waals surface area contributed by atoms with Gasteiger partial charge in [0.05, 0.1) is 17.3 Å². The molecule has 31 heavy (non-hydrogen) atoms. The van der Waals surface area contributed by atoms with E-state index in [1.807, 2.05) is 35.7 Å². The first-order chi connectivity index (χ1) is 14.8. The Bertz CT molecular complexity index is 973. The summed E-state index contributed by atoms with van der Waals surface area (Å²) in [7, 11) is 4.06. The number of aromatic nitrogens is 3. The van der Waals surface area contributed by atoms with Gasteiger partial charge in [-0.2, -0.15) is 5.10 Å². The normalized spacial score (nSPS) is 21.8. The zero-order valence-corrected chi connectivity index (χ0v) is 18.5. The highest BCUT2D eigenvalue weighted by Gasteiger charge is 2.41. The highest BCUT2D eigenvalue weighted by Crippen LogP contribution is 2.41. The van der Waals surface area contributed by atoms with Crippen LogP contribution in [0.5, 0.6) is 0 Å². The van der Waals surface area contributed by atoms with E-state index in [2.05, 4.69) is 10.00 Å². The van der Waals surface area contributed by atoms with Crippen LogP contribution in [0.4, 0.5) is 0 Å². The molecule has 2 aliphatic rings. The van der Waals surface area contributed by atoms with E-state index in [-0.39, 0.29) is 35.8 Å². The van der Waals surface area contributed by atoms with E-state index in [0.717, 1.165) is 18.7 Å². The van der Waals surface area contributed by atoms with Gasteiger partial charge in [-0.25, -0.2) is 0 Å². The van der Waals surface area contributed by atoms with Crippen LogP contribution in [0.1, 0.15) is 30.5 Å². The predicted octanol–water partition coefficient (Wildman–Crippen LogP) is 1.54. The Labute approximate surface area is 185 Å². The molecule has 2 aromatic rings. The molecule has 3 atom stereocenters. The van der Waals surface area contributed by atoms with Gasteiger partial charge in [0.15, 0.2) is 0 Å². The number of nitrogens with zero attached hydrogens (tertiary/aromatic N) is 5. The molecule has 4 heterocycles. The van der Waals surface area contributed by atoms with Crippen LogP contribution < -0.4 is 5.56 Å². The van der Waals surface area contributed by atoms with Gasteiger partial charge in [0, 0.05) is 56.5 Å². The van der Waals surface area contributed by atoms with Gasteiger partial charge in [-0.1, -0.05) is 17.7 Å². The number of rotatable bonds is 5. The third-order valence-corrected chi connectivity index (χ3v) is 6.05. The number of amides is 1. The maximum atomic E-state index is 12.9. The second-order valence-electron chi connectivity index (χ2n) is 8.26. The molecular weight excluding hydrogens is 422 g/mol. The van der Waals surface area contributed by atoms with Crippen molar-refractivity contribution in [2.45, 2.75) is 31.3 Å². The fourth-order valence-electron chi connectivity index (χ4n) is 4.68. The number of likely N-dealkylation sites (tertiary alicyclic amines) is 1. The van der Waals surface area contributed by atoms with Crippen LogP contribution >= 0.6 is 11.6 Å². The summed E-state index contributed by atoms with van der Waals surface area (Å²) in [5.41, 5.74) is 1.13. The smallest absolute Gasteiger partial charge is 0.290 e. The van der Waals surface area contributed by atoms with E-state index in [4.69, 9.17) is 21.5 Å². The SMILES string of the molecule is CN(C)C[C@H]1[C@H]2C[C@H](CN(C(=O)CCn3cc(Cl)cn3)C2)c2cccc(=O)n21.O=CO. The van der Waals surface area contributed by atoms with E-state index < -0.39 is 0 Å². The largest absolute Gasteiger partial charge is 0.483 e. The summed E-state index contributed by atoms with van der Waals surface area (Å²) >= 11 is 5.90. The third-order valence-electron chi connectivity index (χ3n) is 5.86. The zero-order valence-electron chi connectivity index (χ0n) is 17.7. The first kappa shape index (κ1) is 23.0. The van der Waals surface area contributed by atoms with Gasteiger partial charge in [-0.05, 0) is 32.5 Å². The van der Waals surface area contributed by atoms with Crippen LogP contribution in [0.25, 0.3) is 0 Å². The topological polar surface area (TPSA) is 101 Å². The molecule has 0 unspecified atom stereocenters. The number of pyridine rings is 1. The number of hydrogen-bond donors (Lipinski definition) is 1. The molecule has 2 aliphatic heterocycles. The minimum absolute atomic E-state index is 0.0642. The predicted molar refractivity (Wildman–Crippen MR) is 116 cm³/mol. The molecule has 1 amide bonds. The van der Waals surface area contributed by atoms with Crippen LogP contribution in [-0.2, 0) is 16.1 Å². The quantitative estimate of drug-likeness (QED) is 0.695. The summed E-state index contributed by atoms with van der Waals surface area (Å²) in [6.07, 6.45) is 4.74. The lowest BCUT2D eigenvalue weighted by molar-refractivity contribution is -0.134. The van der Waals surface area contributed by atoms with Gasteiger partial charge in [0.1, 0.15) is 0 Å². The lowest BCUT2D eigenvalue weighted by Crippen LogP contribution is -2.52. The van der Waals surface area contributed by atoms with Gasteiger partial charge >= 0.3 is 0 Å². The van der Waals surface area contributed by atoms with Crippen LogP contribution in [0, 0.1) is 5.92 Å². The maximum Gasteiger partial charge on any atom is 0.290 e. The Kier molecular flexibility index (Phi) is 7.50. The highest BCUT2D eigenvalue weighted by molar-refractivity contribution is 6.30. The second kappa shape index (κ2) is 10.1. The Morgan fingerprint density at radius 1 is 1.35 bits per heavy atom. The summed E-state index contributed by atoms with van der Waals surface area (Å²) in [5, 5.41) is 11.6. The lowest BCUT2D eigenvalue weighted by atomic mass is 9.78. The highest BCUT2D eigenvalue weighted by atomic mass is 35.5. The van der Waals surface area contributed by atoms with Crippen molar-refractivity contribution in [2.24, 2.45) is 5.92 Å². The molecule has 168 valence electrons. The number of piperidine rings is 1. The van der Waals surface area contributed by atoms with Crippen molar-refractivity contribution >= 4 is 24.0 Å². The summed E-state index contributed by atoms with van der Waals surface area (Å²) in [4.78, 5) is 38.0. The number of aryl methyl sites for hydroxylation is 1. The van der Waals surface area contributed by atoms with E-state index in [1.54, 1.807) is 23.1 Å². The molecule has 1 fully saturated rings. The van der Waals surface area contributed by atoms with Crippen molar-refractivity contribution < 1.29 is 14.7 Å². The number of hydrogen-bond acceptors (Lipinski definition) is 5. The van der Waals surface area contributed by atoms with Crippen molar-refractivity contribution in [3.8, 4) is 0 Å². The Morgan fingerprint density at radius 2 is 2.10 bits per heavy atom. The molecule has 2 aromatic heterocycles. The molecule has 4 rings (SSSR count). The van der Waals surface area contributed by atoms with Crippen molar-refractivity contribution in [1.82, 2.24) is 24.1 Å². The van der Waals surface area contributed by atoms with E-state index in [0.29, 0.717) is 31.1 Å². The number of carbonyl (C=O) groups excluding carboxylic acids is 1. The fraction of sp³-hybridized carbons (Fsp3) is 0.524. The molecule has 1 saturated heterocycles. The third kappa shape index (κ3) is 5.34. The minimum atomic E-state index is -0.250. The van der Waals surface area contributed by atoms with Crippen molar-refractivity contribution in [1.29, 1.82) is 0 Å². The van der Waals surface area contributed by atoms with E-state index in [9.17, 15) is 9.59 Å². The number of likely N-dealkylation sites (N-methyl/N-ethyl adjacent to an activating group) is 1. The second-order valence-corrected chi connectivity index (χ2v) is 8.69. The minimum Gasteiger partial charge on any atom is -0.483 e. The van der Waals surface area contributed by atoms with Crippen LogP contribution in [0.3, 0.4) is 0 Å². The molecule has 0 spiro atoms.